The molecule has 22 heavy (non-hydrogen) atoms. The topological polar surface area (TPSA) is 128 Å². The summed E-state index contributed by atoms with van der Waals surface area (Å²) in [6.45, 7) is 2.00. The molecule has 5 atom stereocenters. The number of nitrogens with one attached hydrogen (secondary N) is 1. The average molecular weight is 321 g/mol. The lowest BCUT2D eigenvalue weighted by Crippen LogP contribution is -2.59. The second kappa shape index (κ2) is 9.96. The van der Waals surface area contributed by atoms with Crippen molar-refractivity contribution >= 4 is 6.09 Å². The van der Waals surface area contributed by atoms with Crippen LogP contribution in [0.1, 0.15) is 39.0 Å². The van der Waals surface area contributed by atoms with E-state index in [1.807, 2.05) is 0 Å². The minimum atomic E-state index is -1.58. The molecule has 1 aliphatic rings. The van der Waals surface area contributed by atoms with Gasteiger partial charge in [-0.25, -0.2) is 4.79 Å². The minimum absolute atomic E-state index is 0.444. The third-order valence-corrected chi connectivity index (χ3v) is 3.62. The molecule has 1 rings (SSSR count). The van der Waals surface area contributed by atoms with Gasteiger partial charge in [0.1, 0.15) is 24.4 Å². The minimum Gasteiger partial charge on any atom is -0.417 e. The Bertz CT molecular complexity index is 326. The maximum Gasteiger partial charge on any atom is 0.409 e. The molecular formula is C14H27NO7. The Labute approximate surface area is 130 Å². The number of carbonyl (C=O) groups is 1. The molecule has 0 aromatic carbocycles. The normalized spacial score (nSPS) is 31.8. The van der Waals surface area contributed by atoms with Gasteiger partial charge in [0.15, 0.2) is 0 Å². The molecule has 0 radical (unpaired) electrons. The van der Waals surface area contributed by atoms with E-state index >= 15 is 0 Å². The van der Waals surface area contributed by atoms with Gasteiger partial charge in [0.25, 0.3) is 0 Å². The molecule has 0 saturated carbocycles. The van der Waals surface area contributed by atoms with Crippen molar-refractivity contribution in [3.8, 4) is 0 Å². The predicted octanol–water partition coefficient (Wildman–Crippen LogP) is -0.517. The number of carbonyl (C=O) groups excluding carboxylic acids is 1. The summed E-state index contributed by atoms with van der Waals surface area (Å²) < 4.78 is 9.95. The second-order valence-electron chi connectivity index (χ2n) is 5.44. The fraction of sp³-hybridized carbons (Fsp3) is 0.929. The fourth-order valence-corrected chi connectivity index (χ4v) is 2.23. The molecule has 8 heteroatoms. The monoisotopic (exact) mass is 321 g/mol. The second-order valence-corrected chi connectivity index (χ2v) is 5.44. The molecule has 0 unspecified atom stereocenters. The molecule has 0 aliphatic carbocycles. The first-order chi connectivity index (χ1) is 10.5. The molecule has 0 bridgehead atoms. The SMILES string of the molecule is CCCCCCCNC(=O)O[C@@H]1O[C@H](CO)[C@@H](O)[C@H](O)[C@H]1O. The van der Waals surface area contributed by atoms with Crippen LogP contribution < -0.4 is 5.32 Å². The third kappa shape index (κ3) is 5.69. The molecule has 1 saturated heterocycles. The van der Waals surface area contributed by atoms with E-state index in [4.69, 9.17) is 14.6 Å². The van der Waals surface area contributed by atoms with E-state index in [9.17, 15) is 20.1 Å². The Kier molecular flexibility index (Phi) is 8.66. The highest BCUT2D eigenvalue weighted by Crippen LogP contribution is 2.21. The quantitative estimate of drug-likeness (QED) is 0.381. The standard InChI is InChI=1S/C14H27NO7/c1-2-3-4-5-6-7-15-14(20)22-13-12(19)11(18)10(17)9(8-16)21-13/h9-13,16-19H,2-8H2,1H3,(H,15,20)/t9-,10-,11+,12-,13+/m1/s1. The lowest BCUT2D eigenvalue weighted by Gasteiger charge is -2.39. The number of hydrogen-bond donors (Lipinski definition) is 5. The summed E-state index contributed by atoms with van der Waals surface area (Å²) in [5.41, 5.74) is 0. The Morgan fingerprint density at radius 2 is 1.77 bits per heavy atom. The number of ether oxygens (including phenoxy) is 2. The maximum absolute atomic E-state index is 11.6. The van der Waals surface area contributed by atoms with E-state index in [0.29, 0.717) is 6.54 Å². The van der Waals surface area contributed by atoms with E-state index in [2.05, 4.69) is 12.2 Å². The van der Waals surface area contributed by atoms with Gasteiger partial charge in [-0.15, -0.1) is 0 Å². The molecule has 5 N–H and O–H groups in total. The summed E-state index contributed by atoms with van der Waals surface area (Å²) in [6.07, 6.45) is -2.66. The molecule has 1 aliphatic heterocycles. The zero-order valence-electron chi connectivity index (χ0n) is 12.9. The van der Waals surface area contributed by atoms with E-state index in [1.54, 1.807) is 0 Å². The van der Waals surface area contributed by atoms with Crippen molar-refractivity contribution in [2.24, 2.45) is 0 Å². The zero-order chi connectivity index (χ0) is 16.5. The van der Waals surface area contributed by atoms with Gasteiger partial charge >= 0.3 is 6.09 Å². The highest BCUT2D eigenvalue weighted by atomic mass is 16.7. The smallest absolute Gasteiger partial charge is 0.409 e. The van der Waals surface area contributed by atoms with Gasteiger partial charge in [0, 0.05) is 6.54 Å². The van der Waals surface area contributed by atoms with Crippen LogP contribution in [0.15, 0.2) is 0 Å². The largest absolute Gasteiger partial charge is 0.417 e. The van der Waals surface area contributed by atoms with Gasteiger partial charge in [-0.1, -0.05) is 32.6 Å². The summed E-state index contributed by atoms with van der Waals surface area (Å²) in [6, 6.07) is 0. The van der Waals surface area contributed by atoms with Crippen LogP contribution in [-0.2, 0) is 9.47 Å². The molecule has 0 aromatic rings. The Hall–Kier alpha value is -0.930. The summed E-state index contributed by atoms with van der Waals surface area (Å²) in [7, 11) is 0. The van der Waals surface area contributed by atoms with Crippen LogP contribution in [0, 0.1) is 0 Å². The highest BCUT2D eigenvalue weighted by molar-refractivity contribution is 5.67. The van der Waals surface area contributed by atoms with E-state index in [1.165, 1.54) is 0 Å². The predicted molar refractivity (Wildman–Crippen MR) is 77.0 cm³/mol. The molecule has 0 aromatic heterocycles. The van der Waals surface area contributed by atoms with Gasteiger partial charge in [-0.3, -0.25) is 0 Å². The summed E-state index contributed by atoms with van der Waals surface area (Å²) in [4.78, 5) is 11.6. The summed E-state index contributed by atoms with van der Waals surface area (Å²) in [5, 5.41) is 40.4. The van der Waals surface area contributed by atoms with Crippen LogP contribution >= 0.6 is 0 Å². The number of unbranched alkanes of at least 4 members (excludes halogenated alkanes) is 4. The molecule has 1 fully saturated rings. The van der Waals surface area contributed by atoms with Gasteiger partial charge in [0.2, 0.25) is 6.29 Å². The van der Waals surface area contributed by atoms with Crippen LogP contribution in [0.5, 0.6) is 0 Å². The van der Waals surface area contributed by atoms with Crippen LogP contribution in [0.4, 0.5) is 4.79 Å². The number of alkyl carbamates (subject to hydrolysis) is 1. The summed E-state index contributed by atoms with van der Waals surface area (Å²) >= 11 is 0. The van der Waals surface area contributed by atoms with Crippen molar-refractivity contribution < 1.29 is 34.7 Å². The Morgan fingerprint density at radius 1 is 1.09 bits per heavy atom. The molecule has 130 valence electrons. The lowest BCUT2D eigenvalue weighted by atomic mass is 9.99. The molecule has 8 nitrogen and oxygen atoms in total. The first-order valence-corrected chi connectivity index (χ1v) is 7.76. The van der Waals surface area contributed by atoms with Crippen LogP contribution in [0.25, 0.3) is 0 Å². The number of aliphatic hydroxyl groups excluding tert-OH is 4. The number of hydrogen-bond acceptors (Lipinski definition) is 7. The molecular weight excluding hydrogens is 294 g/mol. The van der Waals surface area contributed by atoms with Crippen molar-refractivity contribution in [3.05, 3.63) is 0 Å². The van der Waals surface area contributed by atoms with Gasteiger partial charge in [-0.2, -0.15) is 0 Å². The van der Waals surface area contributed by atoms with E-state index in [0.717, 1.165) is 32.1 Å². The number of amides is 1. The van der Waals surface area contributed by atoms with Crippen molar-refractivity contribution in [2.75, 3.05) is 13.2 Å². The first-order valence-electron chi connectivity index (χ1n) is 7.76. The van der Waals surface area contributed by atoms with E-state index < -0.39 is 43.4 Å². The molecule has 1 amide bonds. The zero-order valence-corrected chi connectivity index (χ0v) is 12.9. The number of rotatable bonds is 8. The average Bonchev–Trinajstić information content (AvgIpc) is 2.51. The maximum atomic E-state index is 11.6. The fourth-order valence-electron chi connectivity index (χ4n) is 2.23. The van der Waals surface area contributed by atoms with Gasteiger partial charge in [-0.05, 0) is 6.42 Å². The summed E-state index contributed by atoms with van der Waals surface area (Å²) in [5.74, 6) is 0. The van der Waals surface area contributed by atoms with Crippen molar-refractivity contribution in [1.82, 2.24) is 5.32 Å². The third-order valence-electron chi connectivity index (χ3n) is 3.62. The van der Waals surface area contributed by atoms with Gasteiger partial charge < -0.3 is 35.2 Å². The molecule has 1 heterocycles. The van der Waals surface area contributed by atoms with Crippen LogP contribution in [-0.4, -0.2) is 70.4 Å². The van der Waals surface area contributed by atoms with Crippen molar-refractivity contribution in [3.63, 3.8) is 0 Å². The van der Waals surface area contributed by atoms with E-state index in [-0.39, 0.29) is 0 Å². The molecule has 0 spiro atoms. The van der Waals surface area contributed by atoms with Crippen LogP contribution in [0.3, 0.4) is 0 Å². The van der Waals surface area contributed by atoms with Gasteiger partial charge in [0.05, 0.1) is 6.61 Å². The van der Waals surface area contributed by atoms with Crippen molar-refractivity contribution in [2.45, 2.75) is 69.7 Å². The lowest BCUT2D eigenvalue weighted by molar-refractivity contribution is -0.284. The number of aliphatic hydroxyl groups is 4. The van der Waals surface area contributed by atoms with Crippen LogP contribution in [0.2, 0.25) is 0 Å². The van der Waals surface area contributed by atoms with Crippen molar-refractivity contribution in [1.29, 1.82) is 0 Å². The first kappa shape index (κ1) is 19.1. The highest BCUT2D eigenvalue weighted by Gasteiger charge is 2.45. The Morgan fingerprint density at radius 3 is 2.41 bits per heavy atom. The Balaban J connectivity index is 2.30.